The molecule has 0 aliphatic carbocycles. The van der Waals surface area contributed by atoms with E-state index in [2.05, 4.69) is 10.3 Å². The number of carbonyl (C=O) groups excluding carboxylic acids is 2. The van der Waals surface area contributed by atoms with Gasteiger partial charge >= 0.3 is 5.97 Å². The van der Waals surface area contributed by atoms with Gasteiger partial charge in [-0.2, -0.15) is 0 Å². The number of esters is 1. The Kier molecular flexibility index (Phi) is 9.58. The maximum Gasteiger partial charge on any atom is 0.338 e. The molecule has 190 valence electrons. The van der Waals surface area contributed by atoms with E-state index in [1.54, 1.807) is 40.4 Å². The smallest absolute Gasteiger partial charge is 0.338 e. The Labute approximate surface area is 209 Å². The van der Waals surface area contributed by atoms with Gasteiger partial charge in [0.15, 0.2) is 5.17 Å². The van der Waals surface area contributed by atoms with Crippen LogP contribution in [0.3, 0.4) is 0 Å². The number of amides is 1. The fourth-order valence-electron chi connectivity index (χ4n) is 3.78. The fraction of sp³-hybridized carbons (Fsp3) is 0.458. The number of methoxy groups -OCH3 is 4. The molecule has 0 saturated heterocycles. The molecule has 0 fully saturated rings. The number of allylic oxidation sites excluding steroid dienone is 1. The summed E-state index contributed by atoms with van der Waals surface area (Å²) in [6, 6.07) is 4.79. The number of aliphatic imine (C=N–C) groups is 1. The second-order valence-electron chi connectivity index (χ2n) is 7.65. The zero-order valence-corrected chi connectivity index (χ0v) is 21.4. The Hall–Kier alpha value is -3.02. The van der Waals surface area contributed by atoms with E-state index in [1.807, 2.05) is 16.4 Å². The standard InChI is InChI=1S/C24H31N3O7S/c1-15-21(23(29)34-11-10-31-3)22(18-7-6-17(32-4)13-19(18)33-5)27-16(14-35-24(27)26-15)12-20(28)25-8-9-30-2/h6-7,13-14,22H,8-12H2,1-5H3,(H,25,28)/t22-/m0/s1. The molecule has 0 spiro atoms. The molecular formula is C24H31N3O7S. The quantitative estimate of drug-likeness (QED) is 0.339. The molecule has 0 unspecified atom stereocenters. The molecule has 2 aliphatic heterocycles. The van der Waals surface area contributed by atoms with Crippen LogP contribution < -0.4 is 14.8 Å². The summed E-state index contributed by atoms with van der Waals surface area (Å²) in [5, 5.41) is 5.38. The van der Waals surface area contributed by atoms with Crippen molar-refractivity contribution >= 4 is 28.8 Å². The van der Waals surface area contributed by atoms with Gasteiger partial charge in [0, 0.05) is 38.1 Å². The second-order valence-corrected chi connectivity index (χ2v) is 8.49. The van der Waals surface area contributed by atoms with E-state index in [4.69, 9.17) is 23.7 Å². The number of carbonyl (C=O) groups is 2. The zero-order valence-electron chi connectivity index (χ0n) is 20.6. The van der Waals surface area contributed by atoms with Crippen LogP contribution in [0, 0.1) is 0 Å². The van der Waals surface area contributed by atoms with Crippen LogP contribution in [0.2, 0.25) is 0 Å². The van der Waals surface area contributed by atoms with Crippen molar-refractivity contribution in [2.45, 2.75) is 19.4 Å². The molecule has 0 bridgehead atoms. The van der Waals surface area contributed by atoms with Crippen LogP contribution in [0.15, 0.2) is 45.6 Å². The molecule has 10 nitrogen and oxygen atoms in total. The summed E-state index contributed by atoms with van der Waals surface area (Å²) in [6.45, 7) is 2.98. The molecule has 2 aliphatic rings. The molecule has 1 amide bonds. The molecule has 0 saturated carbocycles. The minimum absolute atomic E-state index is 0.106. The highest BCUT2D eigenvalue weighted by molar-refractivity contribution is 8.16. The monoisotopic (exact) mass is 505 g/mol. The Morgan fingerprint density at radius 1 is 1.09 bits per heavy atom. The van der Waals surface area contributed by atoms with Crippen LogP contribution in [0.4, 0.5) is 0 Å². The van der Waals surface area contributed by atoms with Crippen molar-refractivity contribution in [2.24, 2.45) is 4.99 Å². The molecule has 3 rings (SSSR count). The van der Waals surface area contributed by atoms with E-state index in [1.165, 1.54) is 18.9 Å². The molecule has 1 N–H and O–H groups in total. The van der Waals surface area contributed by atoms with Gasteiger partial charge in [0.05, 0.1) is 51.2 Å². The molecule has 1 aromatic rings. The number of thioether (sulfide) groups is 1. The summed E-state index contributed by atoms with van der Waals surface area (Å²) in [5.41, 5.74) is 2.32. The number of amidine groups is 1. The van der Waals surface area contributed by atoms with Crippen LogP contribution in [0.25, 0.3) is 0 Å². The number of hydrogen-bond acceptors (Lipinski definition) is 10. The normalized spacial score (nSPS) is 16.9. The summed E-state index contributed by atoms with van der Waals surface area (Å²) >= 11 is 1.40. The van der Waals surface area contributed by atoms with E-state index in [0.29, 0.717) is 52.3 Å². The van der Waals surface area contributed by atoms with Gasteiger partial charge in [0.2, 0.25) is 5.91 Å². The average molecular weight is 506 g/mol. The first-order valence-corrected chi connectivity index (χ1v) is 11.9. The lowest BCUT2D eigenvalue weighted by atomic mass is 9.93. The van der Waals surface area contributed by atoms with Gasteiger partial charge in [-0.3, -0.25) is 4.79 Å². The van der Waals surface area contributed by atoms with Gasteiger partial charge in [-0.15, -0.1) is 0 Å². The number of benzene rings is 1. The molecule has 2 heterocycles. The van der Waals surface area contributed by atoms with E-state index < -0.39 is 12.0 Å². The zero-order chi connectivity index (χ0) is 25.4. The van der Waals surface area contributed by atoms with Crippen molar-refractivity contribution in [1.29, 1.82) is 0 Å². The predicted molar refractivity (Wildman–Crippen MR) is 132 cm³/mol. The van der Waals surface area contributed by atoms with Gasteiger partial charge in [-0.05, 0) is 24.5 Å². The van der Waals surface area contributed by atoms with Crippen molar-refractivity contribution in [1.82, 2.24) is 10.2 Å². The van der Waals surface area contributed by atoms with Crippen molar-refractivity contribution < 1.29 is 33.3 Å². The number of nitrogens with one attached hydrogen (secondary N) is 1. The molecule has 11 heteroatoms. The van der Waals surface area contributed by atoms with Gasteiger partial charge in [0.25, 0.3) is 0 Å². The first-order chi connectivity index (χ1) is 16.9. The third-order valence-corrected chi connectivity index (χ3v) is 6.34. The molecular weight excluding hydrogens is 474 g/mol. The number of nitrogens with zero attached hydrogens (tertiary/aromatic N) is 2. The van der Waals surface area contributed by atoms with Gasteiger partial charge in [-0.25, -0.2) is 9.79 Å². The Morgan fingerprint density at radius 3 is 2.54 bits per heavy atom. The summed E-state index contributed by atoms with van der Waals surface area (Å²) < 4.78 is 26.5. The van der Waals surface area contributed by atoms with Crippen LogP contribution >= 0.6 is 11.8 Å². The number of hydrogen-bond donors (Lipinski definition) is 1. The lowest BCUT2D eigenvalue weighted by Crippen LogP contribution is -2.38. The summed E-state index contributed by atoms with van der Waals surface area (Å²) in [4.78, 5) is 32.4. The number of ether oxygens (including phenoxy) is 5. The van der Waals surface area contributed by atoms with Gasteiger partial charge in [-0.1, -0.05) is 11.8 Å². The molecule has 0 aromatic heterocycles. The maximum atomic E-state index is 13.3. The molecule has 35 heavy (non-hydrogen) atoms. The highest BCUT2D eigenvalue weighted by atomic mass is 32.2. The average Bonchev–Trinajstić information content (AvgIpc) is 3.24. The number of rotatable bonds is 12. The van der Waals surface area contributed by atoms with Crippen LogP contribution in [-0.2, 0) is 23.8 Å². The number of fused-ring (bicyclic) bond motifs is 1. The van der Waals surface area contributed by atoms with Crippen molar-refractivity contribution in [3.8, 4) is 11.5 Å². The lowest BCUT2D eigenvalue weighted by Gasteiger charge is -2.36. The van der Waals surface area contributed by atoms with Gasteiger partial charge in [0.1, 0.15) is 18.1 Å². The first-order valence-electron chi connectivity index (χ1n) is 11.0. The molecule has 1 aromatic carbocycles. The van der Waals surface area contributed by atoms with E-state index in [9.17, 15) is 9.59 Å². The molecule has 0 radical (unpaired) electrons. The Morgan fingerprint density at radius 2 is 1.86 bits per heavy atom. The maximum absolute atomic E-state index is 13.3. The second kappa shape index (κ2) is 12.6. The van der Waals surface area contributed by atoms with Crippen molar-refractivity contribution in [2.75, 3.05) is 54.8 Å². The lowest BCUT2D eigenvalue weighted by molar-refractivity contribution is -0.141. The SMILES string of the molecule is COCCNC(=O)CC1=CSC2=NC(C)=C(C(=O)OCCOC)[C@H](c3ccc(OC)cc3OC)N12. The van der Waals surface area contributed by atoms with E-state index >= 15 is 0 Å². The third kappa shape index (κ3) is 6.16. The van der Waals surface area contributed by atoms with Crippen molar-refractivity contribution in [3.63, 3.8) is 0 Å². The predicted octanol–water partition coefficient (Wildman–Crippen LogP) is 2.62. The Balaban J connectivity index is 2.02. The van der Waals surface area contributed by atoms with E-state index in [-0.39, 0.29) is 25.5 Å². The first kappa shape index (κ1) is 26.6. The largest absolute Gasteiger partial charge is 0.497 e. The Bertz CT molecular complexity index is 1040. The third-order valence-electron chi connectivity index (χ3n) is 5.45. The summed E-state index contributed by atoms with van der Waals surface area (Å²) in [5.74, 6) is 0.479. The van der Waals surface area contributed by atoms with Crippen LogP contribution in [0.5, 0.6) is 11.5 Å². The van der Waals surface area contributed by atoms with Gasteiger partial charge < -0.3 is 33.9 Å². The van der Waals surface area contributed by atoms with Crippen LogP contribution in [-0.4, -0.2) is 76.7 Å². The molecule has 1 atom stereocenters. The summed E-state index contributed by atoms with van der Waals surface area (Å²) in [6.07, 6.45) is 0.107. The summed E-state index contributed by atoms with van der Waals surface area (Å²) in [7, 11) is 6.24. The van der Waals surface area contributed by atoms with Crippen LogP contribution in [0.1, 0.15) is 24.9 Å². The highest BCUT2D eigenvalue weighted by Gasteiger charge is 2.42. The fourth-order valence-corrected chi connectivity index (χ4v) is 4.75. The minimum atomic E-state index is -0.619. The topological polar surface area (TPSA) is 108 Å². The minimum Gasteiger partial charge on any atom is -0.497 e. The van der Waals surface area contributed by atoms with Crippen molar-refractivity contribution in [3.05, 3.63) is 46.1 Å². The highest BCUT2D eigenvalue weighted by Crippen LogP contribution is 2.47. The van der Waals surface area contributed by atoms with E-state index in [0.717, 1.165) is 0 Å².